The lowest BCUT2D eigenvalue weighted by molar-refractivity contribution is 0.317. The van der Waals surface area contributed by atoms with Gasteiger partial charge in [0.1, 0.15) is 5.75 Å². The third-order valence-corrected chi connectivity index (χ3v) is 6.43. The first kappa shape index (κ1) is 20.7. The summed E-state index contributed by atoms with van der Waals surface area (Å²) in [6.45, 7) is 5.37. The Labute approximate surface area is 168 Å². The van der Waals surface area contributed by atoms with Gasteiger partial charge in [-0.1, -0.05) is 19.1 Å². The Morgan fingerprint density at radius 1 is 1.00 bits per heavy atom. The first-order chi connectivity index (χ1) is 13.6. The standard InChI is InChI=1S/C22H30N2O3S/c1-2-18-27-21-11-13-22(14-12-21)28(25,26)23-15-5-6-19-7-9-20(10-8-19)24-16-3-4-17-24/h7-14,23H,2-6,15-18H2,1H3. The zero-order valence-electron chi connectivity index (χ0n) is 16.6. The molecule has 1 fully saturated rings. The average Bonchev–Trinajstić information content (AvgIpc) is 3.25. The van der Waals surface area contributed by atoms with Crippen molar-refractivity contribution in [2.45, 2.75) is 43.9 Å². The van der Waals surface area contributed by atoms with Gasteiger partial charge in [-0.15, -0.1) is 0 Å². The van der Waals surface area contributed by atoms with E-state index in [-0.39, 0.29) is 4.90 Å². The van der Waals surface area contributed by atoms with Crippen LogP contribution in [-0.4, -0.2) is 34.7 Å². The van der Waals surface area contributed by atoms with Crippen LogP contribution in [0.4, 0.5) is 5.69 Å². The van der Waals surface area contributed by atoms with E-state index < -0.39 is 10.0 Å². The second-order valence-corrected chi connectivity index (χ2v) is 8.95. The molecule has 5 nitrogen and oxygen atoms in total. The van der Waals surface area contributed by atoms with Crippen LogP contribution in [0.3, 0.4) is 0 Å². The summed E-state index contributed by atoms with van der Waals surface area (Å²) in [5.74, 6) is 0.693. The Kier molecular flexibility index (Phi) is 7.34. The maximum absolute atomic E-state index is 12.4. The van der Waals surface area contributed by atoms with Crippen molar-refractivity contribution in [3.8, 4) is 5.75 Å². The van der Waals surface area contributed by atoms with Gasteiger partial charge in [0.05, 0.1) is 11.5 Å². The SMILES string of the molecule is CCCOc1ccc(S(=O)(=O)NCCCc2ccc(N3CCCC3)cc2)cc1. The second kappa shape index (κ2) is 9.94. The van der Waals surface area contributed by atoms with Crippen molar-refractivity contribution in [1.82, 2.24) is 4.72 Å². The van der Waals surface area contributed by atoms with Crippen molar-refractivity contribution < 1.29 is 13.2 Å². The number of ether oxygens (including phenoxy) is 1. The molecule has 2 aromatic carbocycles. The summed E-state index contributed by atoms with van der Waals surface area (Å²) in [5, 5.41) is 0. The van der Waals surface area contributed by atoms with E-state index in [4.69, 9.17) is 4.74 Å². The molecule has 0 atom stereocenters. The molecular weight excluding hydrogens is 372 g/mol. The first-order valence-corrected chi connectivity index (χ1v) is 11.6. The van der Waals surface area contributed by atoms with Crippen molar-refractivity contribution >= 4 is 15.7 Å². The fourth-order valence-electron chi connectivity index (χ4n) is 3.37. The molecule has 6 heteroatoms. The number of nitrogens with one attached hydrogen (secondary N) is 1. The van der Waals surface area contributed by atoms with Crippen molar-refractivity contribution in [1.29, 1.82) is 0 Å². The average molecular weight is 403 g/mol. The number of anilines is 1. The van der Waals surface area contributed by atoms with E-state index in [9.17, 15) is 8.42 Å². The van der Waals surface area contributed by atoms with E-state index in [0.29, 0.717) is 18.9 Å². The molecule has 1 heterocycles. The van der Waals surface area contributed by atoms with Gasteiger partial charge in [-0.2, -0.15) is 0 Å². The Bertz CT molecular complexity index is 827. The summed E-state index contributed by atoms with van der Waals surface area (Å²) in [4.78, 5) is 2.68. The van der Waals surface area contributed by atoms with Crippen LogP contribution in [0.1, 0.15) is 38.2 Å². The molecule has 1 saturated heterocycles. The number of aryl methyl sites for hydroxylation is 1. The molecule has 1 aliphatic heterocycles. The maximum Gasteiger partial charge on any atom is 0.240 e. The minimum Gasteiger partial charge on any atom is -0.494 e. The van der Waals surface area contributed by atoms with Crippen LogP contribution in [0.15, 0.2) is 53.4 Å². The molecule has 0 bridgehead atoms. The number of sulfonamides is 1. The summed E-state index contributed by atoms with van der Waals surface area (Å²) in [5.41, 5.74) is 2.52. The number of nitrogens with zero attached hydrogens (tertiary/aromatic N) is 1. The quantitative estimate of drug-likeness (QED) is 0.611. The van der Waals surface area contributed by atoms with Gasteiger partial charge in [0.25, 0.3) is 0 Å². The lowest BCUT2D eigenvalue weighted by atomic mass is 10.1. The van der Waals surface area contributed by atoms with Gasteiger partial charge in [0, 0.05) is 25.3 Å². The van der Waals surface area contributed by atoms with Crippen LogP contribution in [-0.2, 0) is 16.4 Å². The smallest absolute Gasteiger partial charge is 0.240 e. The zero-order chi connectivity index (χ0) is 19.8. The molecule has 152 valence electrons. The molecule has 0 amide bonds. The molecule has 0 unspecified atom stereocenters. The van der Waals surface area contributed by atoms with Crippen molar-refractivity contribution in [3.05, 3.63) is 54.1 Å². The van der Waals surface area contributed by atoms with Gasteiger partial charge < -0.3 is 9.64 Å². The molecular formula is C22H30N2O3S. The lowest BCUT2D eigenvalue weighted by Gasteiger charge is -2.17. The van der Waals surface area contributed by atoms with Crippen LogP contribution >= 0.6 is 0 Å². The lowest BCUT2D eigenvalue weighted by Crippen LogP contribution is -2.25. The largest absolute Gasteiger partial charge is 0.494 e. The molecule has 28 heavy (non-hydrogen) atoms. The zero-order valence-corrected chi connectivity index (χ0v) is 17.4. The molecule has 1 N–H and O–H groups in total. The molecule has 2 aromatic rings. The fourth-order valence-corrected chi connectivity index (χ4v) is 4.44. The second-order valence-electron chi connectivity index (χ2n) is 7.18. The molecule has 0 aromatic heterocycles. The molecule has 0 saturated carbocycles. The summed E-state index contributed by atoms with van der Waals surface area (Å²) in [7, 11) is -3.48. The van der Waals surface area contributed by atoms with E-state index >= 15 is 0 Å². The highest BCUT2D eigenvalue weighted by molar-refractivity contribution is 7.89. The van der Waals surface area contributed by atoms with Gasteiger partial charge >= 0.3 is 0 Å². The van der Waals surface area contributed by atoms with Crippen molar-refractivity contribution in [3.63, 3.8) is 0 Å². The maximum atomic E-state index is 12.4. The third-order valence-electron chi connectivity index (χ3n) is 4.95. The molecule has 0 radical (unpaired) electrons. The highest BCUT2D eigenvalue weighted by Crippen LogP contribution is 2.21. The van der Waals surface area contributed by atoms with E-state index in [1.807, 2.05) is 6.92 Å². The van der Waals surface area contributed by atoms with E-state index in [1.54, 1.807) is 24.3 Å². The van der Waals surface area contributed by atoms with Crippen LogP contribution < -0.4 is 14.4 Å². The number of rotatable bonds is 10. The summed E-state index contributed by atoms with van der Waals surface area (Å²) in [6.07, 6.45) is 5.09. The topological polar surface area (TPSA) is 58.6 Å². The van der Waals surface area contributed by atoms with Gasteiger partial charge in [0.15, 0.2) is 0 Å². The predicted octanol–water partition coefficient (Wildman–Crippen LogP) is 3.99. The normalized spacial score (nSPS) is 14.4. The molecule has 0 spiro atoms. The Balaban J connectivity index is 1.44. The molecule has 1 aliphatic rings. The fraction of sp³-hybridized carbons (Fsp3) is 0.455. The minimum atomic E-state index is -3.48. The Hall–Kier alpha value is -2.05. The van der Waals surface area contributed by atoms with Gasteiger partial charge in [-0.05, 0) is 74.1 Å². The van der Waals surface area contributed by atoms with Crippen LogP contribution in [0, 0.1) is 0 Å². The van der Waals surface area contributed by atoms with E-state index in [0.717, 1.165) is 32.4 Å². The molecule has 3 rings (SSSR count). The van der Waals surface area contributed by atoms with Gasteiger partial charge in [0.2, 0.25) is 10.0 Å². The number of benzene rings is 2. The van der Waals surface area contributed by atoms with Gasteiger partial charge in [-0.25, -0.2) is 13.1 Å². The Morgan fingerprint density at radius 2 is 1.68 bits per heavy atom. The summed E-state index contributed by atoms with van der Waals surface area (Å²) >= 11 is 0. The third kappa shape index (κ3) is 5.72. The Morgan fingerprint density at radius 3 is 2.32 bits per heavy atom. The highest BCUT2D eigenvalue weighted by atomic mass is 32.2. The monoisotopic (exact) mass is 402 g/mol. The van der Waals surface area contributed by atoms with Crippen LogP contribution in [0.5, 0.6) is 5.75 Å². The number of hydrogen-bond acceptors (Lipinski definition) is 4. The van der Waals surface area contributed by atoms with E-state index in [1.165, 1.54) is 24.1 Å². The highest BCUT2D eigenvalue weighted by Gasteiger charge is 2.14. The number of hydrogen-bond donors (Lipinski definition) is 1. The van der Waals surface area contributed by atoms with Crippen LogP contribution in [0.2, 0.25) is 0 Å². The van der Waals surface area contributed by atoms with Gasteiger partial charge in [-0.3, -0.25) is 0 Å². The minimum absolute atomic E-state index is 0.270. The first-order valence-electron chi connectivity index (χ1n) is 10.1. The van der Waals surface area contributed by atoms with Crippen molar-refractivity contribution in [2.24, 2.45) is 0 Å². The summed E-state index contributed by atoms with van der Waals surface area (Å²) in [6, 6.07) is 15.2. The van der Waals surface area contributed by atoms with E-state index in [2.05, 4.69) is 33.9 Å². The van der Waals surface area contributed by atoms with Crippen molar-refractivity contribution in [2.75, 3.05) is 31.1 Å². The van der Waals surface area contributed by atoms with Crippen LogP contribution in [0.25, 0.3) is 0 Å². The summed E-state index contributed by atoms with van der Waals surface area (Å²) < 4.78 is 33.0. The predicted molar refractivity (Wildman–Crippen MR) is 114 cm³/mol. The molecule has 0 aliphatic carbocycles.